The molecule has 6 heteroatoms. The molecule has 1 unspecified atom stereocenters. The molecule has 1 N–H and O–H groups in total. The fraction of sp³-hybridized carbons (Fsp3) is 0.462. The van der Waals surface area contributed by atoms with E-state index in [1.165, 1.54) is 13.2 Å². The van der Waals surface area contributed by atoms with Crippen molar-refractivity contribution in [3.8, 4) is 0 Å². The van der Waals surface area contributed by atoms with Gasteiger partial charge < -0.3 is 10.1 Å². The number of methoxy groups -OCH3 is 1. The van der Waals surface area contributed by atoms with Crippen LogP contribution in [0.25, 0.3) is 0 Å². The van der Waals surface area contributed by atoms with Crippen molar-refractivity contribution >= 4 is 5.97 Å². The summed E-state index contributed by atoms with van der Waals surface area (Å²) in [5.41, 5.74) is -0.240. The molecule has 1 aliphatic rings. The molecule has 1 aromatic carbocycles. The Morgan fingerprint density at radius 2 is 1.89 bits per heavy atom. The summed E-state index contributed by atoms with van der Waals surface area (Å²) in [5.74, 6) is -2.10. The number of halogens is 2. The zero-order chi connectivity index (χ0) is 13.8. The van der Waals surface area contributed by atoms with Gasteiger partial charge in [0.2, 0.25) is 0 Å². The number of carbonyl (C=O) groups is 1. The first-order valence-corrected chi connectivity index (χ1v) is 6.11. The largest absolute Gasteiger partial charge is 0.468 e. The molecule has 1 fully saturated rings. The highest BCUT2D eigenvalue weighted by atomic mass is 19.1. The summed E-state index contributed by atoms with van der Waals surface area (Å²) in [6.45, 7) is 2.41. The summed E-state index contributed by atoms with van der Waals surface area (Å²) in [6, 6.07) is 2.54. The van der Waals surface area contributed by atoms with Crippen LogP contribution in [-0.2, 0) is 9.53 Å². The lowest BCUT2D eigenvalue weighted by molar-refractivity contribution is -0.147. The third kappa shape index (κ3) is 2.90. The molecule has 2 rings (SSSR count). The van der Waals surface area contributed by atoms with E-state index in [4.69, 9.17) is 4.74 Å². The highest BCUT2D eigenvalue weighted by molar-refractivity contribution is 5.77. The summed E-state index contributed by atoms with van der Waals surface area (Å²) in [4.78, 5) is 13.6. The van der Waals surface area contributed by atoms with Gasteiger partial charge in [0, 0.05) is 26.2 Å². The number of hydrogen-bond donors (Lipinski definition) is 1. The Morgan fingerprint density at radius 1 is 1.32 bits per heavy atom. The van der Waals surface area contributed by atoms with E-state index in [1.54, 1.807) is 4.90 Å². The third-order valence-corrected chi connectivity index (χ3v) is 3.21. The maximum absolute atomic E-state index is 13.9. The first-order valence-electron chi connectivity index (χ1n) is 6.11. The summed E-state index contributed by atoms with van der Waals surface area (Å²) in [5, 5.41) is 3.13. The van der Waals surface area contributed by atoms with E-state index >= 15 is 0 Å². The predicted molar refractivity (Wildman–Crippen MR) is 65.6 cm³/mol. The lowest BCUT2D eigenvalue weighted by Crippen LogP contribution is -2.47. The van der Waals surface area contributed by atoms with E-state index in [2.05, 4.69) is 5.32 Å². The Hall–Kier alpha value is -1.53. The molecule has 0 aliphatic carbocycles. The van der Waals surface area contributed by atoms with Crippen LogP contribution in [0, 0.1) is 11.6 Å². The predicted octanol–water partition coefficient (Wildman–Crippen LogP) is 1.08. The minimum Gasteiger partial charge on any atom is -0.468 e. The van der Waals surface area contributed by atoms with Gasteiger partial charge in [-0.05, 0) is 12.1 Å². The first kappa shape index (κ1) is 13.9. The SMILES string of the molecule is COC(=O)C(c1c(F)cccc1F)N1CCNCC1. The van der Waals surface area contributed by atoms with Crippen LogP contribution in [0.15, 0.2) is 18.2 Å². The highest BCUT2D eigenvalue weighted by Crippen LogP contribution is 2.27. The van der Waals surface area contributed by atoms with Gasteiger partial charge in [-0.1, -0.05) is 6.07 Å². The topological polar surface area (TPSA) is 41.6 Å². The number of carbonyl (C=O) groups excluding carboxylic acids is 1. The normalized spacial score (nSPS) is 18.1. The minimum atomic E-state index is -1.03. The molecular formula is C13H16F2N2O2. The summed E-state index contributed by atoms with van der Waals surface area (Å²) in [7, 11) is 1.22. The van der Waals surface area contributed by atoms with E-state index in [0.29, 0.717) is 26.2 Å². The van der Waals surface area contributed by atoms with Gasteiger partial charge in [-0.25, -0.2) is 13.6 Å². The van der Waals surface area contributed by atoms with Gasteiger partial charge in [-0.3, -0.25) is 4.90 Å². The molecule has 0 bridgehead atoms. The number of benzene rings is 1. The Kier molecular flexibility index (Phi) is 4.44. The number of ether oxygens (including phenoxy) is 1. The second kappa shape index (κ2) is 6.08. The molecule has 1 aromatic rings. The van der Waals surface area contributed by atoms with Crippen molar-refractivity contribution in [3.05, 3.63) is 35.4 Å². The Labute approximate surface area is 110 Å². The van der Waals surface area contributed by atoms with Crippen LogP contribution in [0.1, 0.15) is 11.6 Å². The van der Waals surface area contributed by atoms with Crippen LogP contribution in [0.3, 0.4) is 0 Å². The third-order valence-electron chi connectivity index (χ3n) is 3.21. The molecule has 1 heterocycles. The monoisotopic (exact) mass is 270 g/mol. The molecular weight excluding hydrogens is 254 g/mol. The molecule has 0 aromatic heterocycles. The van der Waals surface area contributed by atoms with Crippen LogP contribution in [0.2, 0.25) is 0 Å². The van der Waals surface area contributed by atoms with E-state index in [-0.39, 0.29) is 5.56 Å². The number of rotatable bonds is 3. The maximum Gasteiger partial charge on any atom is 0.327 e. The molecule has 1 aliphatic heterocycles. The summed E-state index contributed by atoms with van der Waals surface area (Å²) >= 11 is 0. The number of nitrogens with one attached hydrogen (secondary N) is 1. The van der Waals surface area contributed by atoms with Crippen molar-refractivity contribution in [1.29, 1.82) is 0 Å². The Balaban J connectivity index is 2.39. The number of piperazine rings is 1. The Bertz CT molecular complexity index is 442. The molecule has 0 spiro atoms. The van der Waals surface area contributed by atoms with Crippen LogP contribution in [0.4, 0.5) is 8.78 Å². The molecule has 4 nitrogen and oxygen atoms in total. The van der Waals surface area contributed by atoms with E-state index in [0.717, 1.165) is 12.1 Å². The lowest BCUT2D eigenvalue weighted by Gasteiger charge is -2.33. The standard InChI is InChI=1S/C13H16F2N2O2/c1-19-13(18)12(17-7-5-16-6-8-17)11-9(14)3-2-4-10(11)15/h2-4,12,16H,5-8H2,1H3. The highest BCUT2D eigenvalue weighted by Gasteiger charge is 2.33. The first-order chi connectivity index (χ1) is 9.15. The summed E-state index contributed by atoms with van der Waals surface area (Å²) < 4.78 is 32.4. The smallest absolute Gasteiger partial charge is 0.327 e. The fourth-order valence-corrected chi connectivity index (χ4v) is 2.27. The van der Waals surface area contributed by atoms with Crippen molar-refractivity contribution < 1.29 is 18.3 Å². The van der Waals surface area contributed by atoms with Gasteiger partial charge in [0.25, 0.3) is 0 Å². The Morgan fingerprint density at radius 3 is 2.42 bits per heavy atom. The minimum absolute atomic E-state index is 0.240. The van der Waals surface area contributed by atoms with Crippen molar-refractivity contribution in [1.82, 2.24) is 10.2 Å². The fourth-order valence-electron chi connectivity index (χ4n) is 2.27. The molecule has 1 atom stereocenters. The van der Waals surface area contributed by atoms with Crippen LogP contribution in [-0.4, -0.2) is 44.2 Å². The molecule has 19 heavy (non-hydrogen) atoms. The molecule has 0 radical (unpaired) electrons. The molecule has 104 valence electrons. The van der Waals surface area contributed by atoms with E-state index in [9.17, 15) is 13.6 Å². The van der Waals surface area contributed by atoms with Crippen LogP contribution < -0.4 is 5.32 Å². The van der Waals surface area contributed by atoms with Crippen LogP contribution in [0.5, 0.6) is 0 Å². The quantitative estimate of drug-likeness (QED) is 0.835. The van der Waals surface area contributed by atoms with Crippen molar-refractivity contribution in [2.45, 2.75) is 6.04 Å². The second-order valence-electron chi connectivity index (χ2n) is 4.35. The number of nitrogens with zero attached hydrogens (tertiary/aromatic N) is 1. The maximum atomic E-state index is 13.9. The van der Waals surface area contributed by atoms with Crippen molar-refractivity contribution in [2.24, 2.45) is 0 Å². The molecule has 1 saturated heterocycles. The van der Waals surface area contributed by atoms with E-state index in [1.807, 2.05) is 0 Å². The van der Waals surface area contributed by atoms with Gasteiger partial charge in [-0.15, -0.1) is 0 Å². The van der Waals surface area contributed by atoms with Gasteiger partial charge in [0.15, 0.2) is 0 Å². The zero-order valence-corrected chi connectivity index (χ0v) is 10.7. The van der Waals surface area contributed by atoms with Gasteiger partial charge >= 0.3 is 5.97 Å². The summed E-state index contributed by atoms with van der Waals surface area (Å²) in [6.07, 6.45) is 0. The zero-order valence-electron chi connectivity index (χ0n) is 10.7. The lowest BCUT2D eigenvalue weighted by atomic mass is 10.0. The average Bonchev–Trinajstić information content (AvgIpc) is 2.43. The van der Waals surface area contributed by atoms with Crippen molar-refractivity contribution in [3.63, 3.8) is 0 Å². The van der Waals surface area contributed by atoms with Gasteiger partial charge in [0.05, 0.1) is 12.7 Å². The van der Waals surface area contributed by atoms with Crippen molar-refractivity contribution in [2.75, 3.05) is 33.3 Å². The molecule has 0 saturated carbocycles. The molecule has 0 amide bonds. The number of esters is 1. The van der Waals surface area contributed by atoms with Crippen LogP contribution >= 0.6 is 0 Å². The van der Waals surface area contributed by atoms with Gasteiger partial charge in [-0.2, -0.15) is 0 Å². The number of hydrogen-bond acceptors (Lipinski definition) is 4. The van der Waals surface area contributed by atoms with E-state index < -0.39 is 23.6 Å². The average molecular weight is 270 g/mol. The second-order valence-corrected chi connectivity index (χ2v) is 4.35. The van der Waals surface area contributed by atoms with Gasteiger partial charge in [0.1, 0.15) is 17.7 Å².